The van der Waals surface area contributed by atoms with Gasteiger partial charge < -0.3 is 15.4 Å². The fourth-order valence-electron chi connectivity index (χ4n) is 2.55. The number of nitrogens with two attached hydrogens (primary N) is 1. The van der Waals surface area contributed by atoms with Crippen LogP contribution in [0.15, 0.2) is 48.5 Å². The molecule has 0 aliphatic rings. The van der Waals surface area contributed by atoms with Crippen LogP contribution in [0.3, 0.4) is 0 Å². The van der Waals surface area contributed by atoms with Crippen LogP contribution in [-0.4, -0.2) is 35.9 Å². The molecule has 27 heavy (non-hydrogen) atoms. The molecule has 0 saturated carbocycles. The molecule has 0 fully saturated rings. The van der Waals surface area contributed by atoms with Crippen molar-refractivity contribution >= 4 is 35.0 Å². The number of benzene rings is 2. The number of halogens is 2. The molecule has 2 aromatic carbocycles. The minimum Gasteiger partial charge on any atom is -0.479 e. The van der Waals surface area contributed by atoms with Crippen LogP contribution in [0, 0.1) is 0 Å². The number of amides is 2. The summed E-state index contributed by atoms with van der Waals surface area (Å²) in [6, 6.07) is 14.6. The van der Waals surface area contributed by atoms with Crippen molar-refractivity contribution in [2.45, 2.75) is 25.9 Å². The second kappa shape index (κ2) is 10.2. The average Bonchev–Trinajstić information content (AvgIpc) is 2.64. The summed E-state index contributed by atoms with van der Waals surface area (Å²) in [6.45, 7) is 2.34. The predicted octanol–water partition coefficient (Wildman–Crippen LogP) is 3.71. The van der Waals surface area contributed by atoms with E-state index in [1.54, 1.807) is 30.0 Å². The van der Waals surface area contributed by atoms with Crippen molar-refractivity contribution in [3.05, 3.63) is 64.1 Å². The molecule has 1 atom stereocenters. The van der Waals surface area contributed by atoms with Crippen molar-refractivity contribution < 1.29 is 14.3 Å². The summed E-state index contributed by atoms with van der Waals surface area (Å²) in [4.78, 5) is 25.6. The first-order valence-corrected chi connectivity index (χ1v) is 9.35. The van der Waals surface area contributed by atoms with Crippen LogP contribution in [-0.2, 0) is 16.0 Å². The van der Waals surface area contributed by atoms with Gasteiger partial charge in [0.1, 0.15) is 5.75 Å². The summed E-state index contributed by atoms with van der Waals surface area (Å²) < 4.78 is 5.70. The maximum atomic E-state index is 12.8. The predicted molar refractivity (Wildman–Crippen MR) is 107 cm³/mol. The van der Waals surface area contributed by atoms with Crippen LogP contribution >= 0.6 is 23.2 Å². The van der Waals surface area contributed by atoms with Gasteiger partial charge in [-0.05, 0) is 37.1 Å². The number of carbonyl (C=O) groups excluding carboxylic acids is 2. The van der Waals surface area contributed by atoms with E-state index in [1.807, 2.05) is 30.3 Å². The Morgan fingerprint density at radius 2 is 1.81 bits per heavy atom. The van der Waals surface area contributed by atoms with Gasteiger partial charge in [0.05, 0.1) is 5.02 Å². The molecule has 0 aromatic heterocycles. The summed E-state index contributed by atoms with van der Waals surface area (Å²) in [5.74, 6) is -0.320. The number of nitrogens with zero attached hydrogens (tertiary/aromatic N) is 1. The SMILES string of the molecule is CC(Oc1ccc(Cl)cc1Cl)C(=O)N(CCC(N)=O)CCc1ccccc1. The van der Waals surface area contributed by atoms with Gasteiger partial charge in [-0.3, -0.25) is 9.59 Å². The van der Waals surface area contributed by atoms with Crippen LogP contribution in [0.4, 0.5) is 0 Å². The second-order valence-corrected chi connectivity index (χ2v) is 6.96. The zero-order chi connectivity index (χ0) is 19.8. The van der Waals surface area contributed by atoms with Gasteiger partial charge in [0.2, 0.25) is 5.91 Å². The van der Waals surface area contributed by atoms with Gasteiger partial charge in [0, 0.05) is 24.5 Å². The van der Waals surface area contributed by atoms with Crippen molar-refractivity contribution in [3.63, 3.8) is 0 Å². The first kappa shape index (κ1) is 21.1. The molecule has 1 unspecified atom stereocenters. The second-order valence-electron chi connectivity index (χ2n) is 6.11. The lowest BCUT2D eigenvalue weighted by Gasteiger charge is -2.26. The third-order valence-corrected chi connectivity index (χ3v) is 4.53. The molecule has 0 aliphatic carbocycles. The van der Waals surface area contributed by atoms with Crippen molar-refractivity contribution in [2.24, 2.45) is 5.73 Å². The topological polar surface area (TPSA) is 72.6 Å². The number of carbonyl (C=O) groups is 2. The Hall–Kier alpha value is -2.24. The summed E-state index contributed by atoms with van der Waals surface area (Å²) in [7, 11) is 0. The van der Waals surface area contributed by atoms with Crippen molar-refractivity contribution in [2.75, 3.05) is 13.1 Å². The first-order valence-electron chi connectivity index (χ1n) is 8.59. The van der Waals surface area contributed by atoms with Gasteiger partial charge >= 0.3 is 0 Å². The summed E-state index contributed by atoms with van der Waals surface area (Å²) >= 11 is 12.0. The van der Waals surface area contributed by atoms with E-state index in [1.165, 1.54) is 0 Å². The number of ether oxygens (including phenoxy) is 1. The zero-order valence-corrected chi connectivity index (χ0v) is 16.5. The van der Waals surface area contributed by atoms with Gasteiger partial charge in [-0.1, -0.05) is 53.5 Å². The molecule has 2 N–H and O–H groups in total. The van der Waals surface area contributed by atoms with Crippen LogP contribution in [0.25, 0.3) is 0 Å². The molecular formula is C20H22Cl2N2O3. The largest absolute Gasteiger partial charge is 0.479 e. The molecule has 144 valence electrons. The lowest BCUT2D eigenvalue weighted by molar-refractivity contribution is -0.138. The lowest BCUT2D eigenvalue weighted by Crippen LogP contribution is -2.43. The Morgan fingerprint density at radius 3 is 2.44 bits per heavy atom. The summed E-state index contributed by atoms with van der Waals surface area (Å²) in [5.41, 5.74) is 6.34. The van der Waals surface area contributed by atoms with E-state index >= 15 is 0 Å². The fourth-order valence-corrected chi connectivity index (χ4v) is 3.01. The van der Waals surface area contributed by atoms with Gasteiger partial charge in [-0.2, -0.15) is 0 Å². The molecule has 7 heteroatoms. The highest BCUT2D eigenvalue weighted by molar-refractivity contribution is 6.35. The van der Waals surface area contributed by atoms with Gasteiger partial charge in [0.25, 0.3) is 5.91 Å². The lowest BCUT2D eigenvalue weighted by atomic mass is 10.1. The van der Waals surface area contributed by atoms with E-state index in [9.17, 15) is 9.59 Å². The molecule has 0 heterocycles. The molecule has 2 aromatic rings. The Bertz CT molecular complexity index is 784. The standard InChI is InChI=1S/C20H22Cl2N2O3/c1-14(27-18-8-7-16(21)13-17(18)22)20(26)24(12-10-19(23)25)11-9-15-5-3-2-4-6-15/h2-8,13-14H,9-12H2,1H3,(H2,23,25). The van der Waals surface area contributed by atoms with Crippen LogP contribution in [0.5, 0.6) is 5.75 Å². The highest BCUT2D eigenvalue weighted by Crippen LogP contribution is 2.28. The summed E-state index contributed by atoms with van der Waals surface area (Å²) in [6.07, 6.45) is -0.0124. The van der Waals surface area contributed by atoms with E-state index in [2.05, 4.69) is 0 Å². The number of hydrogen-bond donors (Lipinski definition) is 1. The molecule has 2 rings (SSSR count). The van der Waals surface area contributed by atoms with Crippen LogP contribution < -0.4 is 10.5 Å². The number of primary amides is 1. The molecule has 5 nitrogen and oxygen atoms in total. The maximum absolute atomic E-state index is 12.8. The Labute approximate surface area is 169 Å². The molecule has 0 bridgehead atoms. The molecule has 0 aliphatic heterocycles. The average molecular weight is 409 g/mol. The first-order chi connectivity index (χ1) is 12.9. The smallest absolute Gasteiger partial charge is 0.263 e. The maximum Gasteiger partial charge on any atom is 0.263 e. The minimum absolute atomic E-state index is 0.0922. The van der Waals surface area contributed by atoms with Gasteiger partial charge in [0.15, 0.2) is 6.10 Å². The molecule has 0 spiro atoms. The van der Waals surface area contributed by atoms with E-state index in [-0.39, 0.29) is 18.9 Å². The monoisotopic (exact) mass is 408 g/mol. The summed E-state index contributed by atoms with van der Waals surface area (Å²) in [5, 5.41) is 0.812. The van der Waals surface area contributed by atoms with E-state index in [0.29, 0.717) is 28.8 Å². The Balaban J connectivity index is 2.05. The fraction of sp³-hybridized carbons (Fsp3) is 0.300. The van der Waals surface area contributed by atoms with E-state index in [0.717, 1.165) is 5.56 Å². The van der Waals surface area contributed by atoms with Crippen molar-refractivity contribution in [1.29, 1.82) is 0 Å². The van der Waals surface area contributed by atoms with Gasteiger partial charge in [-0.15, -0.1) is 0 Å². The van der Waals surface area contributed by atoms with Crippen molar-refractivity contribution in [1.82, 2.24) is 4.90 Å². The van der Waals surface area contributed by atoms with Crippen molar-refractivity contribution in [3.8, 4) is 5.75 Å². The minimum atomic E-state index is -0.771. The third kappa shape index (κ3) is 6.77. The third-order valence-electron chi connectivity index (χ3n) is 4.00. The van der Waals surface area contributed by atoms with E-state index < -0.39 is 12.0 Å². The normalized spacial score (nSPS) is 11.7. The van der Waals surface area contributed by atoms with E-state index in [4.69, 9.17) is 33.7 Å². The number of rotatable bonds is 9. The highest BCUT2D eigenvalue weighted by atomic mass is 35.5. The molecule has 2 amide bonds. The van der Waals surface area contributed by atoms with Crippen LogP contribution in [0.2, 0.25) is 10.0 Å². The molecule has 0 saturated heterocycles. The number of hydrogen-bond acceptors (Lipinski definition) is 3. The Kier molecular flexibility index (Phi) is 7.95. The Morgan fingerprint density at radius 1 is 1.11 bits per heavy atom. The zero-order valence-electron chi connectivity index (χ0n) is 15.0. The van der Waals surface area contributed by atoms with Gasteiger partial charge in [-0.25, -0.2) is 0 Å². The highest BCUT2D eigenvalue weighted by Gasteiger charge is 2.23. The quantitative estimate of drug-likeness (QED) is 0.686. The molecule has 0 radical (unpaired) electrons. The molecular weight excluding hydrogens is 387 g/mol. The van der Waals surface area contributed by atoms with Crippen LogP contribution in [0.1, 0.15) is 18.9 Å².